The van der Waals surface area contributed by atoms with Gasteiger partial charge in [-0.2, -0.15) is 0 Å². The van der Waals surface area contributed by atoms with Gasteiger partial charge in [-0.05, 0) is 243 Å². The third-order valence-electron chi connectivity index (χ3n) is 25.8. The lowest BCUT2D eigenvalue weighted by Gasteiger charge is -2.46. The van der Waals surface area contributed by atoms with Crippen molar-refractivity contribution in [3.05, 3.63) is 236 Å². The number of nitrogens with zero attached hydrogens (tertiary/aromatic N) is 6. The van der Waals surface area contributed by atoms with Gasteiger partial charge in [0.05, 0.1) is 63.5 Å². The van der Waals surface area contributed by atoms with Crippen LogP contribution >= 0.6 is 0 Å². The number of esters is 4. The third-order valence-corrected chi connectivity index (χ3v) is 25.8. The Labute approximate surface area is 603 Å². The maximum Gasteiger partial charge on any atom is 0.346 e. The highest BCUT2D eigenvalue weighted by atomic mass is 16.6. The van der Waals surface area contributed by atoms with Gasteiger partial charge in [0.15, 0.2) is 0 Å². The monoisotopic (exact) mass is 1390 g/mol. The second kappa shape index (κ2) is 20.9. The fraction of sp³-hybridized carbons (Fsp3) is 0.349. The topological polar surface area (TPSA) is 227 Å². The van der Waals surface area contributed by atoms with Crippen LogP contribution in [0.25, 0.3) is 0 Å². The van der Waals surface area contributed by atoms with Crippen molar-refractivity contribution in [1.29, 1.82) is 0 Å². The van der Waals surface area contributed by atoms with E-state index in [0.717, 1.165) is 132 Å². The Morgan fingerprint density at radius 1 is 0.337 bits per heavy atom. The van der Waals surface area contributed by atoms with Gasteiger partial charge in [0, 0.05) is 78.2 Å². The summed E-state index contributed by atoms with van der Waals surface area (Å²) < 4.78 is 9.70. The molecule has 8 aliphatic heterocycles. The van der Waals surface area contributed by atoms with Crippen LogP contribution in [0.2, 0.25) is 0 Å². The van der Waals surface area contributed by atoms with Gasteiger partial charge < -0.3 is 40.5 Å². The van der Waals surface area contributed by atoms with E-state index in [1.807, 2.05) is 73.7 Å². The first kappa shape index (κ1) is 65.2. The summed E-state index contributed by atoms with van der Waals surface area (Å²) in [6.07, 6.45) is 3.08. The number of nitrogen functional groups attached to an aromatic ring is 2. The molecule has 8 aromatic rings. The molecule has 4 aliphatic carbocycles. The number of rotatable bonds is 1. The second-order valence-corrected chi connectivity index (χ2v) is 34.0. The van der Waals surface area contributed by atoms with Crippen molar-refractivity contribution < 1.29 is 47.8 Å². The molecule has 4 bridgehead atoms. The molecule has 20 rings (SSSR count). The number of amides is 4. The second-order valence-electron chi connectivity index (χ2n) is 34.0. The zero-order chi connectivity index (χ0) is 73.4. The number of ether oxygens (including phenoxy) is 2. The number of carbonyl (C=O) groups excluding carboxylic acids is 8. The Morgan fingerprint density at radius 2 is 0.615 bits per heavy atom. The molecule has 8 aromatic carbocycles. The van der Waals surface area contributed by atoms with E-state index in [4.69, 9.17) is 20.9 Å². The minimum atomic E-state index is -0.622. The Bertz CT molecular complexity index is 5350. The lowest BCUT2D eigenvalue weighted by atomic mass is 9.72. The molecule has 0 saturated heterocycles. The molecule has 4 N–H and O–H groups in total. The molecule has 18 heteroatoms. The average molecular weight is 1390 g/mol. The molecule has 18 nitrogen and oxygen atoms in total. The molecule has 526 valence electrons. The minimum Gasteiger partial charge on any atom is -0.398 e. The summed E-state index contributed by atoms with van der Waals surface area (Å²) in [5.74, 6) is -3.58. The fourth-order valence-electron chi connectivity index (χ4n) is 21.3. The van der Waals surface area contributed by atoms with E-state index in [2.05, 4.69) is 133 Å². The van der Waals surface area contributed by atoms with E-state index >= 15 is 0 Å². The zero-order valence-corrected chi connectivity index (χ0v) is 61.2. The van der Waals surface area contributed by atoms with E-state index in [1.165, 1.54) is 78.4 Å². The normalized spacial score (nSPS) is 21.3. The molecule has 0 saturated carbocycles. The van der Waals surface area contributed by atoms with Gasteiger partial charge >= 0.3 is 23.9 Å². The van der Waals surface area contributed by atoms with Gasteiger partial charge in [-0.25, -0.2) is 24.1 Å². The fourth-order valence-corrected chi connectivity index (χ4v) is 21.3. The summed E-state index contributed by atoms with van der Waals surface area (Å²) in [5.41, 5.74) is 40.0. The van der Waals surface area contributed by atoms with Crippen molar-refractivity contribution in [2.75, 3.05) is 56.4 Å². The van der Waals surface area contributed by atoms with Gasteiger partial charge in [0.2, 0.25) is 0 Å². The summed E-state index contributed by atoms with van der Waals surface area (Å²) in [6.45, 7) is 33.1. The number of benzene rings is 8. The zero-order valence-electron chi connectivity index (χ0n) is 61.2. The van der Waals surface area contributed by atoms with Gasteiger partial charge in [-0.15, -0.1) is 0 Å². The highest BCUT2D eigenvalue weighted by molar-refractivity contribution is 6.35. The first-order valence-corrected chi connectivity index (χ1v) is 36.0. The summed E-state index contributed by atoms with van der Waals surface area (Å²) in [6, 6.07) is 31.9. The van der Waals surface area contributed by atoms with Crippen LogP contribution in [0.5, 0.6) is 0 Å². The van der Waals surface area contributed by atoms with E-state index in [1.54, 1.807) is 0 Å². The van der Waals surface area contributed by atoms with E-state index in [9.17, 15) is 38.4 Å². The molecule has 12 aliphatic rings. The lowest BCUT2D eigenvalue weighted by Crippen LogP contribution is -2.47. The van der Waals surface area contributed by atoms with Crippen molar-refractivity contribution in [2.24, 2.45) is 0 Å². The maximum absolute atomic E-state index is 14.6. The minimum absolute atomic E-state index is 0.261. The average Bonchev–Trinajstić information content (AvgIpc) is 1.52. The largest absolute Gasteiger partial charge is 0.398 e. The molecule has 1 unspecified atom stereocenters. The Morgan fingerprint density at radius 3 is 0.971 bits per heavy atom. The quantitative estimate of drug-likeness (QED) is 0.0674. The number of fused-ring (bicyclic) bond motifs is 24. The molecule has 2 spiro atoms. The molecule has 0 fully saturated rings. The summed E-state index contributed by atoms with van der Waals surface area (Å²) in [4.78, 5) is 116. The highest BCUT2D eigenvalue weighted by Crippen LogP contribution is 2.66. The lowest BCUT2D eigenvalue weighted by molar-refractivity contribution is 0.0425. The van der Waals surface area contributed by atoms with Crippen LogP contribution in [0.15, 0.2) is 97.1 Å². The standard InChI is InChI=1S/C44H42N4O4.C25H20O6.C17H20N4/c1-22-9-10-25-17-47-21-46(36(25)23(22)2)18-26-11-12-35(24(3)37(26)47)48-40(51)29-14-32-34(16-30(29)41(48)52)44(20-43(32,6)7)19-42(4,5)31-13-27-28(15-33(31)44)39(50)45(8)38(27)49;1-23(2)9-25(17-7-13-11(5-15(17)23)19(26)30-21(13)28)10-24(3,4)16-6-12-14(8-18(16)25)22(29)31-20(12)27;1-10-14(18)5-3-12-7-21-9-20(16(10)12)8-13-4-6-15(19)11(2)17(13)21/h9-16H,17-21H2,1-8H3;5-8H,9-10H2,1-4H3;3-6H,7-9,18-19H2,1-2H3. The summed E-state index contributed by atoms with van der Waals surface area (Å²) in [5, 5.41) is 0. The van der Waals surface area contributed by atoms with Crippen molar-refractivity contribution in [3.8, 4) is 0 Å². The van der Waals surface area contributed by atoms with Gasteiger partial charge in [0.25, 0.3) is 23.6 Å². The number of cyclic esters (lactones) is 4. The predicted octanol–water partition coefficient (Wildman–Crippen LogP) is 14.3. The van der Waals surface area contributed by atoms with E-state index in [-0.39, 0.29) is 45.3 Å². The van der Waals surface area contributed by atoms with Crippen LogP contribution in [0.3, 0.4) is 0 Å². The molecule has 0 aromatic heterocycles. The van der Waals surface area contributed by atoms with Crippen LogP contribution < -0.4 is 36.0 Å². The first-order valence-electron chi connectivity index (χ1n) is 36.0. The van der Waals surface area contributed by atoms with E-state index in [0.29, 0.717) is 50.2 Å². The molecule has 104 heavy (non-hydrogen) atoms. The Hall–Kier alpha value is -10.9. The summed E-state index contributed by atoms with van der Waals surface area (Å²) >= 11 is 0. The van der Waals surface area contributed by atoms with Crippen LogP contribution in [-0.4, -0.2) is 72.8 Å². The van der Waals surface area contributed by atoms with Crippen LogP contribution in [0.1, 0.15) is 259 Å². The SMILES string of the molecule is CC1(C)CC2(CC(C)(C)c3cc4c(cc32)C(=O)OC4=O)c2cc3c(cc21)C(=O)OC3=O.Cc1c(N)ccc2c1N1Cc3ccc(N)c(C)c3N(C2)C1.Cc1ccc2c(c1C)N1Cc3ccc(N4C(=O)c5cc6c(cc5C4=O)C4(CC(C)(C)c5cc7c(cc54)C(=O)N(C)C7=O)CC6(C)C)c(C)c3N(C2)C1. The predicted molar refractivity (Wildman–Crippen MR) is 398 cm³/mol. The molecule has 8 heterocycles. The highest BCUT2D eigenvalue weighted by Gasteiger charge is 2.60. The van der Waals surface area contributed by atoms with Crippen molar-refractivity contribution in [3.63, 3.8) is 0 Å². The number of anilines is 7. The number of hydrogen-bond donors (Lipinski definition) is 2. The van der Waals surface area contributed by atoms with Gasteiger partial charge in [-0.1, -0.05) is 85.7 Å². The first-order chi connectivity index (χ1) is 49.0. The number of imide groups is 2. The molecule has 1 atom stereocenters. The molecule has 0 radical (unpaired) electrons. The number of carbonyl (C=O) groups is 8. The van der Waals surface area contributed by atoms with Gasteiger partial charge in [-0.3, -0.25) is 24.1 Å². The smallest absolute Gasteiger partial charge is 0.346 e. The Kier molecular flexibility index (Phi) is 13.1. The number of aryl methyl sites for hydroxylation is 1. The van der Waals surface area contributed by atoms with Crippen LogP contribution in [0.4, 0.5) is 39.8 Å². The molecular weight excluding hydrogens is 1300 g/mol. The maximum atomic E-state index is 14.6. The van der Waals surface area contributed by atoms with Crippen molar-refractivity contribution in [2.45, 2.75) is 174 Å². The Balaban J connectivity index is 0.000000125. The van der Waals surface area contributed by atoms with Gasteiger partial charge in [0.1, 0.15) is 0 Å². The van der Waals surface area contributed by atoms with Crippen molar-refractivity contribution >= 4 is 87.3 Å². The van der Waals surface area contributed by atoms with Crippen molar-refractivity contribution in [1.82, 2.24) is 4.90 Å². The van der Waals surface area contributed by atoms with Crippen LogP contribution in [-0.2, 0) is 68.1 Å². The number of nitrogens with two attached hydrogens (primary N) is 2. The van der Waals surface area contributed by atoms with Crippen LogP contribution in [0, 0.1) is 34.6 Å². The molecular formula is C86H82N8O10. The number of hydrogen-bond acceptors (Lipinski definition) is 16. The summed E-state index contributed by atoms with van der Waals surface area (Å²) in [7, 11) is 1.54. The third kappa shape index (κ3) is 8.61. The van der Waals surface area contributed by atoms with E-state index < -0.39 is 34.7 Å². The molecule has 4 amide bonds.